The summed E-state index contributed by atoms with van der Waals surface area (Å²) in [7, 11) is 3.94. The van der Waals surface area contributed by atoms with Gasteiger partial charge in [-0.05, 0) is 32.3 Å². The zero-order valence-electron chi connectivity index (χ0n) is 10.6. The minimum absolute atomic E-state index is 0.0793. The number of carbonyl (C=O) groups excluding carboxylic acids is 1. The Morgan fingerprint density at radius 2 is 1.94 bits per heavy atom. The summed E-state index contributed by atoms with van der Waals surface area (Å²) >= 11 is 0. The molecular formula is C13H16N4O. The van der Waals surface area contributed by atoms with Crippen LogP contribution >= 0.6 is 0 Å². The monoisotopic (exact) mass is 244 g/mol. The molecule has 1 aromatic heterocycles. The van der Waals surface area contributed by atoms with Gasteiger partial charge in [-0.25, -0.2) is 0 Å². The lowest BCUT2D eigenvalue weighted by Crippen LogP contribution is -2.31. The standard InChI is InChI=1S/C13H16N4O/c1-17(2)8-7-16-13(18)10-3-4-11-12(9-10)15-6-5-14-11/h3-6,9H,7-8H2,1-2H3,(H,16,18). The topological polar surface area (TPSA) is 58.1 Å². The molecule has 0 fully saturated rings. The molecule has 0 saturated heterocycles. The molecule has 0 unspecified atom stereocenters. The van der Waals surface area contributed by atoms with Crippen LogP contribution in [0.25, 0.3) is 11.0 Å². The number of hydrogen-bond acceptors (Lipinski definition) is 4. The molecule has 0 aliphatic rings. The van der Waals surface area contributed by atoms with E-state index in [1.807, 2.05) is 25.1 Å². The van der Waals surface area contributed by atoms with Crippen LogP contribution in [-0.4, -0.2) is 48.0 Å². The van der Waals surface area contributed by atoms with Gasteiger partial charge in [0.15, 0.2) is 0 Å². The van der Waals surface area contributed by atoms with Crippen LogP contribution in [0.2, 0.25) is 0 Å². The van der Waals surface area contributed by atoms with E-state index in [-0.39, 0.29) is 5.91 Å². The van der Waals surface area contributed by atoms with Gasteiger partial charge in [0.1, 0.15) is 0 Å². The van der Waals surface area contributed by atoms with E-state index in [0.717, 1.165) is 17.6 Å². The fourth-order valence-electron chi connectivity index (χ4n) is 1.60. The van der Waals surface area contributed by atoms with Crippen LogP contribution in [-0.2, 0) is 0 Å². The lowest BCUT2D eigenvalue weighted by Gasteiger charge is -2.10. The summed E-state index contributed by atoms with van der Waals surface area (Å²) in [5.41, 5.74) is 2.14. The predicted molar refractivity (Wildman–Crippen MR) is 70.4 cm³/mol. The minimum atomic E-state index is -0.0793. The highest BCUT2D eigenvalue weighted by molar-refractivity contribution is 5.97. The van der Waals surface area contributed by atoms with E-state index in [1.54, 1.807) is 24.5 Å². The van der Waals surface area contributed by atoms with Gasteiger partial charge in [-0.15, -0.1) is 0 Å². The van der Waals surface area contributed by atoms with Crippen LogP contribution in [0.3, 0.4) is 0 Å². The van der Waals surface area contributed by atoms with E-state index in [0.29, 0.717) is 12.1 Å². The average molecular weight is 244 g/mol. The summed E-state index contributed by atoms with van der Waals surface area (Å²) in [6, 6.07) is 5.33. The fraction of sp³-hybridized carbons (Fsp3) is 0.308. The third-order valence-electron chi connectivity index (χ3n) is 2.58. The number of fused-ring (bicyclic) bond motifs is 1. The number of nitrogens with one attached hydrogen (secondary N) is 1. The normalized spacial score (nSPS) is 10.8. The average Bonchev–Trinajstić information content (AvgIpc) is 2.37. The highest BCUT2D eigenvalue weighted by Gasteiger charge is 2.06. The van der Waals surface area contributed by atoms with Crippen molar-refractivity contribution < 1.29 is 4.79 Å². The molecule has 0 bridgehead atoms. The molecule has 1 heterocycles. The lowest BCUT2D eigenvalue weighted by molar-refractivity contribution is 0.0951. The van der Waals surface area contributed by atoms with E-state index >= 15 is 0 Å². The number of aromatic nitrogens is 2. The fourth-order valence-corrected chi connectivity index (χ4v) is 1.60. The van der Waals surface area contributed by atoms with Crippen molar-refractivity contribution in [3.63, 3.8) is 0 Å². The second kappa shape index (κ2) is 5.55. The molecular weight excluding hydrogens is 228 g/mol. The Kier molecular flexibility index (Phi) is 3.84. The largest absolute Gasteiger partial charge is 0.351 e. The zero-order chi connectivity index (χ0) is 13.0. The van der Waals surface area contributed by atoms with E-state index < -0.39 is 0 Å². The Hall–Kier alpha value is -2.01. The zero-order valence-corrected chi connectivity index (χ0v) is 10.6. The van der Waals surface area contributed by atoms with Crippen LogP contribution in [0, 0.1) is 0 Å². The van der Waals surface area contributed by atoms with Gasteiger partial charge in [0, 0.05) is 31.0 Å². The number of carbonyl (C=O) groups is 1. The molecule has 94 valence electrons. The summed E-state index contributed by atoms with van der Waals surface area (Å²) in [4.78, 5) is 22.3. The summed E-state index contributed by atoms with van der Waals surface area (Å²) in [6.07, 6.45) is 3.26. The highest BCUT2D eigenvalue weighted by atomic mass is 16.1. The van der Waals surface area contributed by atoms with Crippen molar-refractivity contribution in [2.45, 2.75) is 0 Å². The maximum atomic E-state index is 11.9. The van der Waals surface area contributed by atoms with Crippen molar-refractivity contribution in [2.24, 2.45) is 0 Å². The number of rotatable bonds is 4. The Bertz CT molecular complexity index is 553. The third-order valence-corrected chi connectivity index (χ3v) is 2.58. The number of benzene rings is 1. The molecule has 0 spiro atoms. The quantitative estimate of drug-likeness (QED) is 0.869. The van der Waals surface area contributed by atoms with E-state index in [4.69, 9.17) is 0 Å². The Balaban J connectivity index is 2.08. The smallest absolute Gasteiger partial charge is 0.251 e. The molecule has 18 heavy (non-hydrogen) atoms. The Morgan fingerprint density at radius 1 is 1.22 bits per heavy atom. The molecule has 0 aliphatic carbocycles. The first-order chi connectivity index (χ1) is 8.66. The lowest BCUT2D eigenvalue weighted by atomic mass is 10.2. The predicted octanol–water partition coefficient (Wildman–Crippen LogP) is 0.921. The number of likely N-dealkylation sites (N-methyl/N-ethyl adjacent to an activating group) is 1. The first kappa shape index (κ1) is 12.4. The maximum Gasteiger partial charge on any atom is 0.251 e. The van der Waals surface area contributed by atoms with Gasteiger partial charge >= 0.3 is 0 Å². The van der Waals surface area contributed by atoms with Crippen molar-refractivity contribution in [2.75, 3.05) is 27.2 Å². The van der Waals surface area contributed by atoms with Crippen LogP contribution in [0.15, 0.2) is 30.6 Å². The van der Waals surface area contributed by atoms with E-state index in [9.17, 15) is 4.79 Å². The molecule has 5 heteroatoms. The van der Waals surface area contributed by atoms with Crippen LogP contribution in [0.1, 0.15) is 10.4 Å². The summed E-state index contributed by atoms with van der Waals surface area (Å²) in [5, 5.41) is 2.87. The number of nitrogens with zero attached hydrogens (tertiary/aromatic N) is 3. The van der Waals surface area contributed by atoms with Gasteiger partial charge in [0.25, 0.3) is 5.91 Å². The molecule has 2 rings (SSSR count). The van der Waals surface area contributed by atoms with Crippen molar-refractivity contribution in [3.8, 4) is 0 Å². The summed E-state index contributed by atoms with van der Waals surface area (Å²) in [5.74, 6) is -0.0793. The molecule has 1 amide bonds. The molecule has 0 saturated carbocycles. The maximum absolute atomic E-state index is 11.9. The summed E-state index contributed by atoms with van der Waals surface area (Å²) < 4.78 is 0. The second-order valence-electron chi connectivity index (χ2n) is 4.32. The second-order valence-corrected chi connectivity index (χ2v) is 4.32. The van der Waals surface area contributed by atoms with E-state index in [2.05, 4.69) is 15.3 Å². The van der Waals surface area contributed by atoms with Crippen molar-refractivity contribution in [1.82, 2.24) is 20.2 Å². The van der Waals surface area contributed by atoms with Crippen LogP contribution < -0.4 is 5.32 Å². The van der Waals surface area contributed by atoms with Gasteiger partial charge < -0.3 is 10.2 Å². The van der Waals surface area contributed by atoms with Crippen molar-refractivity contribution in [1.29, 1.82) is 0 Å². The molecule has 0 radical (unpaired) electrons. The minimum Gasteiger partial charge on any atom is -0.351 e. The molecule has 5 nitrogen and oxygen atoms in total. The molecule has 1 aromatic carbocycles. The first-order valence-corrected chi connectivity index (χ1v) is 5.80. The van der Waals surface area contributed by atoms with Gasteiger partial charge in [0.05, 0.1) is 11.0 Å². The van der Waals surface area contributed by atoms with Crippen LogP contribution in [0.4, 0.5) is 0 Å². The van der Waals surface area contributed by atoms with Gasteiger partial charge in [-0.1, -0.05) is 0 Å². The van der Waals surface area contributed by atoms with Gasteiger partial charge in [-0.3, -0.25) is 14.8 Å². The van der Waals surface area contributed by atoms with Crippen LogP contribution in [0.5, 0.6) is 0 Å². The van der Waals surface area contributed by atoms with Gasteiger partial charge in [0.2, 0.25) is 0 Å². The number of hydrogen-bond donors (Lipinski definition) is 1. The van der Waals surface area contributed by atoms with Crippen molar-refractivity contribution >= 4 is 16.9 Å². The third kappa shape index (κ3) is 3.01. The Morgan fingerprint density at radius 3 is 2.67 bits per heavy atom. The van der Waals surface area contributed by atoms with Gasteiger partial charge in [-0.2, -0.15) is 0 Å². The first-order valence-electron chi connectivity index (χ1n) is 5.80. The Labute approximate surface area is 106 Å². The molecule has 0 aliphatic heterocycles. The summed E-state index contributed by atoms with van der Waals surface area (Å²) in [6.45, 7) is 1.45. The van der Waals surface area contributed by atoms with E-state index in [1.165, 1.54) is 0 Å². The molecule has 2 aromatic rings. The van der Waals surface area contributed by atoms with Crippen molar-refractivity contribution in [3.05, 3.63) is 36.2 Å². The SMILES string of the molecule is CN(C)CCNC(=O)c1ccc2nccnc2c1. The molecule has 1 N–H and O–H groups in total. The highest BCUT2D eigenvalue weighted by Crippen LogP contribution is 2.10. The molecule has 0 atom stereocenters. The number of amides is 1.